The van der Waals surface area contributed by atoms with Crippen molar-refractivity contribution < 1.29 is 13.2 Å². The summed E-state index contributed by atoms with van der Waals surface area (Å²) in [5, 5.41) is 2.89. The molecule has 3 aromatic rings. The maximum absolute atomic E-state index is 12.6. The van der Waals surface area contributed by atoms with Gasteiger partial charge in [0.05, 0.1) is 4.90 Å². The van der Waals surface area contributed by atoms with Crippen LogP contribution in [-0.2, 0) is 23.1 Å². The lowest BCUT2D eigenvalue weighted by atomic mass is 10.1. The van der Waals surface area contributed by atoms with E-state index in [0.717, 1.165) is 23.2 Å². The largest absolute Gasteiger partial charge is 0.348 e. The zero-order chi connectivity index (χ0) is 23.3. The number of hydrogen-bond acceptors (Lipinski definition) is 4. The minimum Gasteiger partial charge on any atom is -0.348 e. The predicted octanol–water partition coefficient (Wildman–Crippen LogP) is 4.10. The minimum atomic E-state index is -3.70. The van der Waals surface area contributed by atoms with Crippen LogP contribution >= 0.6 is 0 Å². The molecule has 0 radical (unpaired) electrons. The molecule has 0 unspecified atom stereocenters. The molecule has 1 amide bonds. The Labute approximate surface area is 190 Å². The first-order chi connectivity index (χ1) is 15.1. The lowest BCUT2D eigenvalue weighted by Gasteiger charge is -2.11. The number of anilines is 1. The van der Waals surface area contributed by atoms with Gasteiger partial charge in [-0.15, -0.1) is 0 Å². The second kappa shape index (κ2) is 9.97. The van der Waals surface area contributed by atoms with Crippen molar-refractivity contribution in [2.75, 3.05) is 18.8 Å². The van der Waals surface area contributed by atoms with Crippen LogP contribution in [0.25, 0.3) is 0 Å². The van der Waals surface area contributed by atoms with Crippen LogP contribution < -0.4 is 10.0 Å². The number of sulfonamides is 1. The van der Waals surface area contributed by atoms with E-state index in [1.54, 1.807) is 42.5 Å². The normalized spacial score (nSPS) is 11.4. The van der Waals surface area contributed by atoms with E-state index in [2.05, 4.69) is 27.1 Å². The molecule has 0 atom stereocenters. The molecule has 6 nitrogen and oxygen atoms in total. The fraction of sp³-hybridized carbons (Fsp3) is 0.240. The van der Waals surface area contributed by atoms with Gasteiger partial charge in [-0.3, -0.25) is 9.52 Å². The molecule has 0 bridgehead atoms. The van der Waals surface area contributed by atoms with Crippen LogP contribution in [0.1, 0.15) is 32.6 Å². The zero-order valence-corrected chi connectivity index (χ0v) is 19.7. The minimum absolute atomic E-state index is 0.207. The smallest absolute Gasteiger partial charge is 0.261 e. The van der Waals surface area contributed by atoms with Crippen molar-refractivity contribution in [3.05, 3.63) is 94.5 Å². The van der Waals surface area contributed by atoms with Crippen molar-refractivity contribution in [1.82, 2.24) is 10.2 Å². The summed E-state index contributed by atoms with van der Waals surface area (Å²) >= 11 is 0. The molecule has 0 aromatic heterocycles. The fourth-order valence-electron chi connectivity index (χ4n) is 3.20. The number of carbonyl (C=O) groups is 1. The van der Waals surface area contributed by atoms with Crippen molar-refractivity contribution in [2.24, 2.45) is 0 Å². The first kappa shape index (κ1) is 23.5. The highest BCUT2D eigenvalue weighted by Gasteiger charge is 2.15. The second-order valence-electron chi connectivity index (χ2n) is 8.17. The molecule has 0 spiro atoms. The number of amides is 1. The van der Waals surface area contributed by atoms with Gasteiger partial charge in [-0.2, -0.15) is 0 Å². The average molecular weight is 452 g/mol. The van der Waals surface area contributed by atoms with E-state index in [9.17, 15) is 13.2 Å². The third-order valence-electron chi connectivity index (χ3n) is 5.16. The maximum Gasteiger partial charge on any atom is 0.261 e. The maximum atomic E-state index is 12.6. The summed E-state index contributed by atoms with van der Waals surface area (Å²) in [5.74, 6) is -0.217. The number of carbonyl (C=O) groups excluding carboxylic acids is 1. The van der Waals surface area contributed by atoms with E-state index in [-0.39, 0.29) is 10.8 Å². The van der Waals surface area contributed by atoms with Gasteiger partial charge in [-0.25, -0.2) is 8.42 Å². The van der Waals surface area contributed by atoms with Gasteiger partial charge in [0.15, 0.2) is 0 Å². The molecule has 0 fully saturated rings. The molecule has 0 aliphatic heterocycles. The number of hydrogen-bond donors (Lipinski definition) is 2. The summed E-state index contributed by atoms with van der Waals surface area (Å²) in [7, 11) is 0.346. The van der Waals surface area contributed by atoms with E-state index < -0.39 is 10.0 Å². The van der Waals surface area contributed by atoms with Crippen LogP contribution in [0.4, 0.5) is 5.69 Å². The number of benzene rings is 3. The van der Waals surface area contributed by atoms with E-state index in [4.69, 9.17) is 0 Å². The zero-order valence-electron chi connectivity index (χ0n) is 18.8. The summed E-state index contributed by atoms with van der Waals surface area (Å²) < 4.78 is 27.8. The molecule has 2 N–H and O–H groups in total. The van der Waals surface area contributed by atoms with Crippen LogP contribution in [-0.4, -0.2) is 33.3 Å². The molecule has 0 saturated heterocycles. The summed E-state index contributed by atoms with van der Waals surface area (Å²) in [5.41, 5.74) is 5.03. The van der Waals surface area contributed by atoms with Crippen LogP contribution in [0.5, 0.6) is 0 Å². The van der Waals surface area contributed by atoms with E-state index >= 15 is 0 Å². The lowest BCUT2D eigenvalue weighted by Crippen LogP contribution is -2.22. The van der Waals surface area contributed by atoms with Gasteiger partial charge in [-0.1, -0.05) is 30.3 Å². The number of nitrogens with zero attached hydrogens (tertiary/aromatic N) is 1. The standard InChI is InChI=1S/C25H29N3O3S/c1-18-5-14-24(15-19(18)2)32(30,31)27-23-12-10-22(11-13-23)25(29)26-16-20-6-8-21(9-7-20)17-28(3)4/h5-15,27H,16-17H2,1-4H3,(H,26,29). The molecular formula is C25H29N3O3S. The van der Waals surface area contributed by atoms with Crippen LogP contribution in [0.2, 0.25) is 0 Å². The Bertz CT molecular complexity index is 1190. The Kier molecular flexibility index (Phi) is 7.33. The Hall–Kier alpha value is -3.16. The number of aryl methyl sites for hydroxylation is 2. The fourth-order valence-corrected chi connectivity index (χ4v) is 4.34. The second-order valence-corrected chi connectivity index (χ2v) is 9.85. The van der Waals surface area contributed by atoms with E-state index in [1.165, 1.54) is 5.56 Å². The number of nitrogens with one attached hydrogen (secondary N) is 2. The van der Waals surface area contributed by atoms with Crippen LogP contribution in [0.3, 0.4) is 0 Å². The van der Waals surface area contributed by atoms with Gasteiger partial charge in [0.2, 0.25) is 0 Å². The van der Waals surface area contributed by atoms with E-state index in [1.807, 2.05) is 40.1 Å². The summed E-state index contributed by atoms with van der Waals surface area (Å²) in [6.07, 6.45) is 0. The molecule has 3 rings (SSSR count). The van der Waals surface area contributed by atoms with Crippen molar-refractivity contribution in [2.45, 2.75) is 31.8 Å². The van der Waals surface area contributed by atoms with Crippen molar-refractivity contribution in [3.8, 4) is 0 Å². The highest BCUT2D eigenvalue weighted by atomic mass is 32.2. The molecule has 0 aliphatic carbocycles. The van der Waals surface area contributed by atoms with Crippen LogP contribution in [0.15, 0.2) is 71.6 Å². The lowest BCUT2D eigenvalue weighted by molar-refractivity contribution is 0.0951. The van der Waals surface area contributed by atoms with Gasteiger partial charge >= 0.3 is 0 Å². The average Bonchev–Trinajstić information content (AvgIpc) is 2.74. The molecular weight excluding hydrogens is 422 g/mol. The van der Waals surface area contributed by atoms with E-state index in [0.29, 0.717) is 17.8 Å². The van der Waals surface area contributed by atoms with Gasteiger partial charge in [-0.05, 0) is 86.6 Å². The molecule has 0 heterocycles. The topological polar surface area (TPSA) is 78.5 Å². The first-order valence-corrected chi connectivity index (χ1v) is 11.8. The molecule has 32 heavy (non-hydrogen) atoms. The van der Waals surface area contributed by atoms with Crippen molar-refractivity contribution in [1.29, 1.82) is 0 Å². The molecule has 0 aliphatic rings. The highest BCUT2D eigenvalue weighted by Crippen LogP contribution is 2.19. The highest BCUT2D eigenvalue weighted by molar-refractivity contribution is 7.92. The van der Waals surface area contributed by atoms with Gasteiger partial charge in [0, 0.05) is 24.3 Å². The van der Waals surface area contributed by atoms with Crippen LogP contribution in [0, 0.1) is 13.8 Å². The quantitative estimate of drug-likeness (QED) is 0.541. The molecule has 3 aromatic carbocycles. The molecule has 7 heteroatoms. The predicted molar refractivity (Wildman–Crippen MR) is 128 cm³/mol. The monoisotopic (exact) mass is 451 g/mol. The Balaban J connectivity index is 1.59. The SMILES string of the molecule is Cc1ccc(S(=O)(=O)Nc2ccc(C(=O)NCc3ccc(CN(C)C)cc3)cc2)cc1C. The Morgan fingerprint density at radius 1 is 0.844 bits per heavy atom. The Morgan fingerprint density at radius 3 is 2.06 bits per heavy atom. The summed E-state index contributed by atoms with van der Waals surface area (Å²) in [6.45, 7) is 5.09. The van der Waals surface area contributed by atoms with Gasteiger partial charge in [0.25, 0.3) is 15.9 Å². The summed E-state index contributed by atoms with van der Waals surface area (Å²) in [4.78, 5) is 14.8. The Morgan fingerprint density at radius 2 is 1.47 bits per heavy atom. The van der Waals surface area contributed by atoms with Crippen molar-refractivity contribution in [3.63, 3.8) is 0 Å². The molecule has 168 valence electrons. The van der Waals surface area contributed by atoms with Crippen molar-refractivity contribution >= 4 is 21.6 Å². The molecule has 0 saturated carbocycles. The third-order valence-corrected chi connectivity index (χ3v) is 6.54. The van der Waals surface area contributed by atoms with Gasteiger partial charge < -0.3 is 10.2 Å². The summed E-state index contributed by atoms with van der Waals surface area (Å²) in [6, 6.07) is 19.5. The van der Waals surface area contributed by atoms with Gasteiger partial charge in [0.1, 0.15) is 0 Å². The first-order valence-electron chi connectivity index (χ1n) is 10.3. The number of rotatable bonds is 8. The third kappa shape index (κ3) is 6.18.